The number of benzene rings is 1. The van der Waals surface area contributed by atoms with E-state index in [-0.39, 0.29) is 6.10 Å². The van der Waals surface area contributed by atoms with Crippen LogP contribution in [0.1, 0.15) is 23.1 Å². The molecule has 2 aromatic heterocycles. The van der Waals surface area contributed by atoms with Crippen molar-refractivity contribution in [3.63, 3.8) is 0 Å². The minimum atomic E-state index is -0.0353. The summed E-state index contributed by atoms with van der Waals surface area (Å²) in [6, 6.07) is 10.2. The van der Waals surface area contributed by atoms with Gasteiger partial charge < -0.3 is 9.72 Å². The van der Waals surface area contributed by atoms with Crippen LogP contribution >= 0.6 is 0 Å². The first-order chi connectivity index (χ1) is 9.29. The van der Waals surface area contributed by atoms with Crippen molar-refractivity contribution in [1.82, 2.24) is 15.0 Å². The molecule has 0 spiro atoms. The Hall–Kier alpha value is -2.36. The molecular weight excluding hydrogens is 238 g/mol. The Kier molecular flexibility index (Phi) is 2.12. The summed E-state index contributed by atoms with van der Waals surface area (Å²) in [5.41, 5.74) is 4.07. The third kappa shape index (κ3) is 1.68. The molecule has 3 heterocycles. The number of nitrogens with one attached hydrogen (secondary N) is 1. The summed E-state index contributed by atoms with van der Waals surface area (Å²) in [4.78, 5) is 12.2. The van der Waals surface area contributed by atoms with Crippen LogP contribution in [0.2, 0.25) is 0 Å². The van der Waals surface area contributed by atoms with Gasteiger partial charge in [0.15, 0.2) is 17.6 Å². The highest BCUT2D eigenvalue weighted by atomic mass is 16.5. The third-order valence-corrected chi connectivity index (χ3v) is 3.44. The van der Waals surface area contributed by atoms with Crippen molar-refractivity contribution in [2.24, 2.45) is 0 Å². The van der Waals surface area contributed by atoms with Gasteiger partial charge in [0.05, 0.1) is 5.52 Å². The van der Waals surface area contributed by atoms with Crippen molar-refractivity contribution < 1.29 is 4.74 Å². The largest absolute Gasteiger partial charge is 0.482 e. The van der Waals surface area contributed by atoms with Gasteiger partial charge >= 0.3 is 0 Å². The van der Waals surface area contributed by atoms with Crippen LogP contribution in [0.15, 0.2) is 36.5 Å². The highest BCUT2D eigenvalue weighted by molar-refractivity contribution is 5.71. The molecular formula is C15H13N3O. The number of H-pyrrole nitrogens is 1. The lowest BCUT2D eigenvalue weighted by Gasteiger charge is -2.06. The highest BCUT2D eigenvalue weighted by Gasteiger charge is 2.26. The first kappa shape index (κ1) is 10.6. The molecule has 19 heavy (non-hydrogen) atoms. The predicted molar refractivity (Wildman–Crippen MR) is 72.1 cm³/mol. The fraction of sp³-hybridized carbons (Fsp3) is 0.200. The molecule has 0 saturated heterocycles. The van der Waals surface area contributed by atoms with E-state index in [1.54, 1.807) is 0 Å². The van der Waals surface area contributed by atoms with Gasteiger partial charge in [-0.25, -0.2) is 9.97 Å². The first-order valence-electron chi connectivity index (χ1n) is 6.36. The molecule has 1 N–H and O–H groups in total. The first-order valence-corrected chi connectivity index (χ1v) is 6.36. The Morgan fingerprint density at radius 1 is 1.32 bits per heavy atom. The maximum absolute atomic E-state index is 5.93. The van der Waals surface area contributed by atoms with Gasteiger partial charge in [-0.1, -0.05) is 18.2 Å². The van der Waals surface area contributed by atoms with E-state index in [9.17, 15) is 0 Å². The molecule has 0 radical (unpaired) electrons. The van der Waals surface area contributed by atoms with Crippen molar-refractivity contribution in [3.05, 3.63) is 53.5 Å². The van der Waals surface area contributed by atoms with E-state index in [1.165, 1.54) is 5.56 Å². The SMILES string of the molecule is Cc1cnc2nc(C3Cc4ccccc4O3)[nH]c2c1. The quantitative estimate of drug-likeness (QED) is 0.723. The Morgan fingerprint density at radius 3 is 3.11 bits per heavy atom. The molecule has 4 rings (SSSR count). The molecule has 0 fully saturated rings. The molecule has 0 aliphatic carbocycles. The van der Waals surface area contributed by atoms with E-state index in [4.69, 9.17) is 4.74 Å². The van der Waals surface area contributed by atoms with Gasteiger partial charge in [0, 0.05) is 12.6 Å². The molecule has 4 nitrogen and oxygen atoms in total. The van der Waals surface area contributed by atoms with Crippen molar-refractivity contribution >= 4 is 11.2 Å². The fourth-order valence-corrected chi connectivity index (χ4v) is 2.51. The molecule has 0 saturated carbocycles. The number of ether oxygens (including phenoxy) is 1. The maximum atomic E-state index is 5.93. The van der Waals surface area contributed by atoms with Gasteiger partial charge in [-0.05, 0) is 30.2 Å². The van der Waals surface area contributed by atoms with E-state index in [2.05, 4.69) is 27.1 Å². The number of pyridine rings is 1. The lowest BCUT2D eigenvalue weighted by atomic mass is 10.1. The Balaban J connectivity index is 1.73. The molecule has 1 unspecified atom stereocenters. The lowest BCUT2D eigenvalue weighted by molar-refractivity contribution is 0.229. The highest BCUT2D eigenvalue weighted by Crippen LogP contribution is 2.35. The minimum Gasteiger partial charge on any atom is -0.482 e. The number of hydrogen-bond donors (Lipinski definition) is 1. The van der Waals surface area contributed by atoms with Crippen molar-refractivity contribution in [1.29, 1.82) is 0 Å². The number of hydrogen-bond acceptors (Lipinski definition) is 3. The summed E-state index contributed by atoms with van der Waals surface area (Å²) in [5.74, 6) is 1.81. The summed E-state index contributed by atoms with van der Waals surface area (Å²) in [6.07, 6.45) is 2.65. The number of aromatic amines is 1. The third-order valence-electron chi connectivity index (χ3n) is 3.44. The normalized spacial score (nSPS) is 17.4. The number of aryl methyl sites for hydroxylation is 1. The molecule has 94 valence electrons. The minimum absolute atomic E-state index is 0.0353. The van der Waals surface area contributed by atoms with Crippen LogP contribution in [0.5, 0.6) is 5.75 Å². The smallest absolute Gasteiger partial charge is 0.177 e. The molecule has 1 aliphatic rings. The van der Waals surface area contributed by atoms with Crippen LogP contribution < -0.4 is 4.74 Å². The van der Waals surface area contributed by atoms with Crippen LogP contribution in [-0.4, -0.2) is 15.0 Å². The zero-order valence-electron chi connectivity index (χ0n) is 10.6. The van der Waals surface area contributed by atoms with Crippen molar-refractivity contribution in [2.75, 3.05) is 0 Å². The fourth-order valence-electron chi connectivity index (χ4n) is 2.51. The van der Waals surface area contributed by atoms with Crippen molar-refractivity contribution in [2.45, 2.75) is 19.4 Å². The zero-order chi connectivity index (χ0) is 12.8. The second-order valence-electron chi connectivity index (χ2n) is 4.92. The zero-order valence-corrected chi connectivity index (χ0v) is 10.6. The molecule has 1 aliphatic heterocycles. The molecule has 0 amide bonds. The van der Waals surface area contributed by atoms with E-state index < -0.39 is 0 Å². The van der Waals surface area contributed by atoms with E-state index >= 15 is 0 Å². The Labute approximate surface area is 110 Å². The van der Waals surface area contributed by atoms with E-state index in [1.807, 2.05) is 31.3 Å². The number of imidazole rings is 1. The average Bonchev–Trinajstić information content (AvgIpc) is 3.00. The van der Waals surface area contributed by atoms with E-state index in [0.717, 1.165) is 34.7 Å². The van der Waals surface area contributed by atoms with Gasteiger partial charge in [-0.2, -0.15) is 0 Å². The standard InChI is InChI=1S/C15H13N3O/c1-9-6-11-14(16-8-9)18-15(17-11)13-7-10-4-2-3-5-12(10)19-13/h2-6,8,13H,7H2,1H3,(H,16,17,18). The van der Waals surface area contributed by atoms with Crippen LogP contribution in [0.4, 0.5) is 0 Å². The molecule has 4 heteroatoms. The topological polar surface area (TPSA) is 50.8 Å². The summed E-state index contributed by atoms with van der Waals surface area (Å²) in [6.45, 7) is 2.02. The number of para-hydroxylation sites is 1. The van der Waals surface area contributed by atoms with E-state index in [0.29, 0.717) is 0 Å². The molecule has 3 aromatic rings. The number of aromatic nitrogens is 3. The van der Waals surface area contributed by atoms with Crippen LogP contribution in [0.3, 0.4) is 0 Å². The summed E-state index contributed by atoms with van der Waals surface area (Å²) in [7, 11) is 0. The van der Waals surface area contributed by atoms with Crippen molar-refractivity contribution in [3.8, 4) is 5.75 Å². The number of rotatable bonds is 1. The average molecular weight is 251 g/mol. The predicted octanol–water partition coefficient (Wildman–Crippen LogP) is 2.94. The summed E-state index contributed by atoms with van der Waals surface area (Å²) in [5, 5.41) is 0. The molecule has 1 atom stereocenters. The second kappa shape index (κ2) is 3.82. The second-order valence-corrected chi connectivity index (χ2v) is 4.92. The van der Waals surface area contributed by atoms with Crippen LogP contribution in [-0.2, 0) is 6.42 Å². The molecule has 0 bridgehead atoms. The maximum Gasteiger partial charge on any atom is 0.177 e. The van der Waals surface area contributed by atoms with Gasteiger partial charge in [0.1, 0.15) is 5.75 Å². The van der Waals surface area contributed by atoms with Gasteiger partial charge in [0.25, 0.3) is 0 Å². The number of nitrogens with zero attached hydrogens (tertiary/aromatic N) is 2. The van der Waals surface area contributed by atoms with Crippen LogP contribution in [0.25, 0.3) is 11.2 Å². The Bertz CT molecular complexity index is 738. The van der Waals surface area contributed by atoms with Crippen LogP contribution in [0, 0.1) is 6.92 Å². The Morgan fingerprint density at radius 2 is 2.21 bits per heavy atom. The lowest BCUT2D eigenvalue weighted by Crippen LogP contribution is -2.05. The van der Waals surface area contributed by atoms with Gasteiger partial charge in [-0.3, -0.25) is 0 Å². The monoisotopic (exact) mass is 251 g/mol. The van der Waals surface area contributed by atoms with Gasteiger partial charge in [0.2, 0.25) is 0 Å². The summed E-state index contributed by atoms with van der Waals surface area (Å²) >= 11 is 0. The number of fused-ring (bicyclic) bond motifs is 2. The summed E-state index contributed by atoms with van der Waals surface area (Å²) < 4.78 is 5.93. The van der Waals surface area contributed by atoms with Gasteiger partial charge in [-0.15, -0.1) is 0 Å². The molecule has 1 aromatic carbocycles.